The third-order valence-corrected chi connectivity index (χ3v) is 3.63. The molecular weight excluding hydrogens is 270 g/mol. The second kappa shape index (κ2) is 5.95. The summed E-state index contributed by atoms with van der Waals surface area (Å²) in [5.41, 5.74) is 4.19. The second-order valence-electron chi connectivity index (χ2n) is 5.16. The van der Waals surface area contributed by atoms with E-state index in [-0.39, 0.29) is 25.0 Å². The number of hydrazone groups is 1. The molecule has 0 radical (unpaired) electrons. The molecule has 6 heteroatoms. The van der Waals surface area contributed by atoms with Gasteiger partial charge >= 0.3 is 0 Å². The topological polar surface area (TPSA) is 71.0 Å². The largest absolute Gasteiger partial charge is 0.482 e. The minimum absolute atomic E-state index is 0.0428. The highest BCUT2D eigenvalue weighted by atomic mass is 16.5. The van der Waals surface area contributed by atoms with Crippen molar-refractivity contribution in [3.05, 3.63) is 24.3 Å². The molecule has 0 aromatic heterocycles. The Kier molecular flexibility index (Phi) is 3.85. The second-order valence-corrected chi connectivity index (χ2v) is 5.16. The SMILES string of the molecule is O=C(CN1C(=O)COc2ccccc21)NN=C1CCCC1. The van der Waals surface area contributed by atoms with Gasteiger partial charge in [-0.2, -0.15) is 5.10 Å². The monoisotopic (exact) mass is 287 g/mol. The first kappa shape index (κ1) is 13.6. The van der Waals surface area contributed by atoms with Crippen LogP contribution in [0.2, 0.25) is 0 Å². The molecule has 2 aliphatic rings. The maximum Gasteiger partial charge on any atom is 0.265 e. The van der Waals surface area contributed by atoms with Gasteiger partial charge in [0.25, 0.3) is 11.8 Å². The van der Waals surface area contributed by atoms with Crippen LogP contribution in [0.3, 0.4) is 0 Å². The maximum atomic E-state index is 12.0. The number of carbonyl (C=O) groups excluding carboxylic acids is 2. The standard InChI is InChI=1S/C15H17N3O3/c19-14(17-16-11-5-1-2-6-11)9-18-12-7-3-4-8-13(12)21-10-15(18)20/h3-4,7-8H,1-2,5-6,9-10H2,(H,17,19). The summed E-state index contributed by atoms with van der Waals surface area (Å²) in [5, 5.41) is 4.12. The van der Waals surface area contributed by atoms with Crippen LogP contribution < -0.4 is 15.1 Å². The molecule has 1 aliphatic carbocycles. The summed E-state index contributed by atoms with van der Waals surface area (Å²) in [6.45, 7) is -0.0885. The summed E-state index contributed by atoms with van der Waals surface area (Å²) in [5.74, 6) is 0.101. The van der Waals surface area contributed by atoms with E-state index in [1.54, 1.807) is 12.1 Å². The van der Waals surface area contributed by atoms with Crippen LogP contribution in [0.1, 0.15) is 25.7 Å². The zero-order valence-electron chi connectivity index (χ0n) is 11.7. The Morgan fingerprint density at radius 3 is 2.86 bits per heavy atom. The van der Waals surface area contributed by atoms with Gasteiger partial charge in [0.2, 0.25) is 0 Å². The summed E-state index contributed by atoms with van der Waals surface area (Å²) in [6.07, 6.45) is 4.15. The van der Waals surface area contributed by atoms with Crippen molar-refractivity contribution in [2.45, 2.75) is 25.7 Å². The Morgan fingerprint density at radius 2 is 2.05 bits per heavy atom. The van der Waals surface area contributed by atoms with Gasteiger partial charge < -0.3 is 4.74 Å². The maximum absolute atomic E-state index is 12.0. The number of hydrogen-bond donors (Lipinski definition) is 1. The quantitative estimate of drug-likeness (QED) is 0.855. The van der Waals surface area contributed by atoms with Crippen LogP contribution in [0.4, 0.5) is 5.69 Å². The van der Waals surface area contributed by atoms with Crippen molar-refractivity contribution in [1.29, 1.82) is 0 Å². The molecule has 0 atom stereocenters. The van der Waals surface area contributed by atoms with E-state index in [9.17, 15) is 9.59 Å². The van der Waals surface area contributed by atoms with Gasteiger partial charge in [0.15, 0.2) is 6.61 Å². The van der Waals surface area contributed by atoms with Crippen LogP contribution in [-0.4, -0.2) is 30.7 Å². The molecule has 21 heavy (non-hydrogen) atoms. The summed E-state index contributed by atoms with van der Waals surface area (Å²) < 4.78 is 5.34. The lowest BCUT2D eigenvalue weighted by Gasteiger charge is -2.28. The first-order chi connectivity index (χ1) is 10.2. The first-order valence-corrected chi connectivity index (χ1v) is 7.10. The van der Waals surface area contributed by atoms with Crippen molar-refractivity contribution in [2.24, 2.45) is 5.10 Å². The third kappa shape index (κ3) is 3.04. The van der Waals surface area contributed by atoms with Gasteiger partial charge in [0, 0.05) is 5.71 Å². The number of benzene rings is 1. The number of fused-ring (bicyclic) bond motifs is 1. The lowest BCUT2D eigenvalue weighted by atomic mass is 10.2. The van der Waals surface area contributed by atoms with Gasteiger partial charge in [-0.1, -0.05) is 12.1 Å². The number of nitrogens with one attached hydrogen (secondary N) is 1. The average Bonchev–Trinajstić information content (AvgIpc) is 3.01. The number of amides is 2. The highest BCUT2D eigenvalue weighted by molar-refractivity contribution is 6.02. The fourth-order valence-corrected chi connectivity index (χ4v) is 2.54. The number of ether oxygens (including phenoxy) is 1. The van der Waals surface area contributed by atoms with E-state index in [1.165, 1.54) is 4.90 Å². The molecule has 2 amide bonds. The smallest absolute Gasteiger partial charge is 0.265 e. The minimum atomic E-state index is -0.292. The van der Waals surface area contributed by atoms with Gasteiger partial charge in [-0.05, 0) is 37.8 Å². The van der Waals surface area contributed by atoms with Crippen molar-refractivity contribution in [1.82, 2.24) is 5.43 Å². The average molecular weight is 287 g/mol. The van der Waals surface area contributed by atoms with E-state index in [4.69, 9.17) is 4.74 Å². The van der Waals surface area contributed by atoms with E-state index < -0.39 is 0 Å². The molecule has 1 aromatic rings. The van der Waals surface area contributed by atoms with Crippen molar-refractivity contribution < 1.29 is 14.3 Å². The molecule has 3 rings (SSSR count). The molecule has 1 N–H and O–H groups in total. The number of carbonyl (C=O) groups is 2. The fraction of sp³-hybridized carbons (Fsp3) is 0.400. The fourth-order valence-electron chi connectivity index (χ4n) is 2.54. The molecule has 1 aliphatic heterocycles. The molecule has 1 saturated carbocycles. The zero-order chi connectivity index (χ0) is 14.7. The lowest BCUT2D eigenvalue weighted by molar-refractivity contribution is -0.125. The Morgan fingerprint density at radius 1 is 1.29 bits per heavy atom. The van der Waals surface area contributed by atoms with Crippen molar-refractivity contribution in [3.8, 4) is 5.75 Å². The molecule has 0 spiro atoms. The molecular formula is C15H17N3O3. The highest BCUT2D eigenvalue weighted by Crippen LogP contribution is 2.31. The number of nitrogens with zero attached hydrogens (tertiary/aromatic N) is 2. The van der Waals surface area contributed by atoms with E-state index in [2.05, 4.69) is 10.5 Å². The molecule has 0 saturated heterocycles. The van der Waals surface area contributed by atoms with Gasteiger partial charge in [0.1, 0.15) is 12.3 Å². The molecule has 0 unspecified atom stereocenters. The van der Waals surface area contributed by atoms with Gasteiger partial charge in [0.05, 0.1) is 5.69 Å². The molecule has 1 fully saturated rings. The summed E-state index contributed by atoms with van der Waals surface area (Å²) in [7, 11) is 0. The number of para-hydroxylation sites is 2. The number of anilines is 1. The molecule has 0 bridgehead atoms. The third-order valence-electron chi connectivity index (χ3n) is 3.63. The summed E-state index contributed by atoms with van der Waals surface area (Å²) in [4.78, 5) is 25.3. The summed E-state index contributed by atoms with van der Waals surface area (Å²) >= 11 is 0. The van der Waals surface area contributed by atoms with Gasteiger partial charge in [-0.15, -0.1) is 0 Å². The lowest BCUT2D eigenvalue weighted by Crippen LogP contribution is -2.44. The Labute approximate surface area is 122 Å². The Balaban J connectivity index is 1.67. The van der Waals surface area contributed by atoms with Crippen LogP contribution in [0.5, 0.6) is 5.75 Å². The van der Waals surface area contributed by atoms with E-state index in [0.29, 0.717) is 11.4 Å². The predicted octanol–water partition coefficient (Wildman–Crippen LogP) is 1.46. The normalized spacial score (nSPS) is 17.2. The molecule has 110 valence electrons. The molecule has 1 aromatic carbocycles. The molecule has 1 heterocycles. The summed E-state index contributed by atoms with van der Waals surface area (Å²) in [6, 6.07) is 7.19. The van der Waals surface area contributed by atoms with Crippen molar-refractivity contribution >= 4 is 23.2 Å². The van der Waals surface area contributed by atoms with Crippen molar-refractivity contribution in [3.63, 3.8) is 0 Å². The van der Waals surface area contributed by atoms with Crippen LogP contribution >= 0.6 is 0 Å². The van der Waals surface area contributed by atoms with Crippen LogP contribution in [-0.2, 0) is 9.59 Å². The highest BCUT2D eigenvalue weighted by Gasteiger charge is 2.26. The zero-order valence-corrected chi connectivity index (χ0v) is 11.7. The van der Waals surface area contributed by atoms with Crippen LogP contribution in [0.25, 0.3) is 0 Å². The Hall–Kier alpha value is -2.37. The van der Waals surface area contributed by atoms with E-state index >= 15 is 0 Å². The van der Waals surface area contributed by atoms with Gasteiger partial charge in [-0.25, -0.2) is 5.43 Å². The number of hydrogen-bond acceptors (Lipinski definition) is 4. The minimum Gasteiger partial charge on any atom is -0.482 e. The Bertz CT molecular complexity index is 590. The first-order valence-electron chi connectivity index (χ1n) is 7.10. The van der Waals surface area contributed by atoms with Crippen LogP contribution in [0.15, 0.2) is 29.4 Å². The van der Waals surface area contributed by atoms with E-state index in [0.717, 1.165) is 31.4 Å². The number of rotatable bonds is 3. The van der Waals surface area contributed by atoms with E-state index in [1.807, 2.05) is 12.1 Å². The van der Waals surface area contributed by atoms with Crippen LogP contribution in [0, 0.1) is 0 Å². The molecule has 6 nitrogen and oxygen atoms in total. The van der Waals surface area contributed by atoms with Gasteiger partial charge in [-0.3, -0.25) is 14.5 Å². The predicted molar refractivity (Wildman–Crippen MR) is 78.3 cm³/mol. The van der Waals surface area contributed by atoms with Crippen molar-refractivity contribution in [2.75, 3.05) is 18.1 Å².